The zero-order chi connectivity index (χ0) is 94.8. The topological polar surface area (TPSA) is 615 Å². The van der Waals surface area contributed by atoms with E-state index in [1.807, 2.05) is 84.6 Å². The van der Waals surface area contributed by atoms with Crippen molar-refractivity contribution in [3.8, 4) is 5.75 Å². The van der Waals surface area contributed by atoms with Crippen LogP contribution in [0.15, 0.2) is 128 Å². The number of benzene rings is 4. The minimum atomic E-state index is -1.46. The quantitative estimate of drug-likeness (QED) is 0.0161. The molecule has 710 valence electrons. The van der Waals surface area contributed by atoms with E-state index in [4.69, 9.17) is 17.2 Å². The van der Waals surface area contributed by atoms with Crippen molar-refractivity contribution in [3.63, 3.8) is 0 Å². The SMILES string of the molecule is CSCC[C@H](NC(=O)[C@H](C)NC(=O)[C@H](C)NC(=O)[C@H](Cc1c[nH]c2ccccc12)NC(=O)[C@@H]1CCCN1C(=O)[C@H](Cc1c[nH]cn1)NC(=O)[C@H](Cc1c[nH]c2ccccc12)NC(=O)[C@@H](N)Cc1ccccc1)C(=O)N[C@@H](Cc1ccc(O)cc1)C(=O)N[C@@H](CCCCN)C(=O)NCC(=O)NCC(=O)NCC(=O)N[C@@H](CCCCNC(=O)CCCC[C@@H]1SC[C@@H]2NC(=O)N[C@@H]21)C(N)=O. The first-order valence-corrected chi connectivity index (χ1v) is 46.9. The Morgan fingerprint density at radius 1 is 0.530 bits per heavy atom. The normalized spacial score (nSPS) is 17.2. The van der Waals surface area contributed by atoms with Crippen LogP contribution in [0.1, 0.15) is 125 Å². The number of nitrogens with two attached hydrogens (primary N) is 3. The van der Waals surface area contributed by atoms with Crippen LogP contribution in [-0.4, -0.2) is 265 Å². The van der Waals surface area contributed by atoms with Crippen molar-refractivity contribution in [2.45, 2.75) is 213 Å². The summed E-state index contributed by atoms with van der Waals surface area (Å²) < 4.78 is 0. The Kier molecular flexibility index (Phi) is 39.0. The molecule has 132 heavy (non-hydrogen) atoms. The van der Waals surface area contributed by atoms with Gasteiger partial charge >= 0.3 is 6.03 Å². The molecule has 7 aromatic rings. The number of thioether (sulfide) groups is 2. The Hall–Kier alpha value is -13.1. The fourth-order valence-electron chi connectivity index (χ4n) is 15.9. The molecule has 4 aromatic carbocycles. The molecule has 10 rings (SSSR count). The molecule has 0 bridgehead atoms. The molecule has 0 saturated carbocycles. The summed E-state index contributed by atoms with van der Waals surface area (Å²) in [5, 5.41) is 52.3. The van der Waals surface area contributed by atoms with Gasteiger partial charge in [0, 0.05) is 96.6 Å². The van der Waals surface area contributed by atoms with E-state index in [1.54, 1.807) is 30.9 Å². The molecule has 40 nitrogen and oxygen atoms in total. The number of nitrogens with one attached hydrogen (secondary N) is 18. The maximum absolute atomic E-state index is 15.2. The van der Waals surface area contributed by atoms with Crippen LogP contribution in [0.2, 0.25) is 0 Å². The number of hydrogen-bond donors (Lipinski definition) is 22. The first kappa shape index (κ1) is 101. The molecule has 3 fully saturated rings. The molecule has 0 spiro atoms. The summed E-state index contributed by atoms with van der Waals surface area (Å²) in [4.78, 5) is 235. The third kappa shape index (κ3) is 30.8. The number of amides is 17. The molecule has 3 saturated heterocycles. The lowest BCUT2D eigenvalue weighted by Gasteiger charge is -2.31. The van der Waals surface area contributed by atoms with Crippen molar-refractivity contribution in [3.05, 3.63) is 156 Å². The fraction of sp³-hybridized carbons (Fsp3) is 0.478. The molecule has 17 amide bonds. The number of fused-ring (bicyclic) bond motifs is 3. The number of nitrogens with zero attached hydrogens (tertiary/aromatic N) is 2. The number of hydrogen-bond acceptors (Lipinski definition) is 22. The number of imidazole rings is 1. The molecule has 42 heteroatoms. The van der Waals surface area contributed by atoms with E-state index >= 15 is 4.79 Å². The molecule has 14 atom stereocenters. The number of phenolic OH excluding ortho intramolecular Hbond substituents is 1. The number of phenols is 1. The number of unbranched alkanes of at least 4 members (excludes halogenated alkanes) is 3. The number of likely N-dealkylation sites (tertiary alicyclic amines) is 1. The molecule has 3 aliphatic rings. The molecule has 3 aliphatic heterocycles. The van der Waals surface area contributed by atoms with Gasteiger partial charge in [-0.15, -0.1) is 0 Å². The first-order valence-electron chi connectivity index (χ1n) is 44.4. The third-order valence-electron chi connectivity index (χ3n) is 23.2. The highest BCUT2D eigenvalue weighted by atomic mass is 32.2. The number of carbonyl (C=O) groups is 16. The van der Waals surface area contributed by atoms with Gasteiger partial charge in [0.25, 0.3) is 0 Å². The second-order valence-electron chi connectivity index (χ2n) is 33.1. The van der Waals surface area contributed by atoms with Crippen molar-refractivity contribution >= 4 is 140 Å². The minimum Gasteiger partial charge on any atom is -0.508 e. The standard InChI is InChI=1S/C90H121N23O17S2/c1-51(103-85(125)68(40-55-43-96-62-22-9-7-20-59(55)62)109-88(128)72-26-17-36-113(72)89(129)70(42-57-45-94-50-101-57)110-87(127)69(41-56-44-97-63-23-10-8-21-60(56)63)107-82(122)61(92)38-53-18-5-4-6-19-53)80(120)102-52(2)81(121)105-66(33-37-131-3)84(124)108-67(39-54-29-31-58(114)32-30-54)86(126)106-65(25-13-15-34-91)83(123)100-47-76(117)98-46-75(116)99-48-77(118)104-64(79(93)119)24-14-16-35-95-74(115)28-12-11-27-73-78-71(49-132-73)111-90(130)112-78/h4-10,18-23,29-32,43-45,50-52,61,64-73,78,96-97,114H,11-17,24-28,33-42,46-49,91-92H2,1-3H3,(H2,93,119)(H,94,101)(H,95,115)(H,98,117)(H,99,116)(H,100,123)(H,102,120)(H,103,125)(H,104,118)(H,105,121)(H,106,126)(H,107,122)(H,108,124)(H,109,128)(H,110,127)(H2,111,112,130)/t51-,52-,61-,64-,65-,66-,67-,68-,69-,70-,71-,72-,73-,78-/m0/s1. The smallest absolute Gasteiger partial charge is 0.315 e. The van der Waals surface area contributed by atoms with E-state index in [-0.39, 0.29) is 101 Å². The Bertz CT molecular complexity index is 5140. The van der Waals surface area contributed by atoms with Gasteiger partial charge < -0.3 is 122 Å². The van der Waals surface area contributed by atoms with Crippen molar-refractivity contribution in [2.75, 3.05) is 57.0 Å². The van der Waals surface area contributed by atoms with Gasteiger partial charge in [-0.25, -0.2) is 9.78 Å². The van der Waals surface area contributed by atoms with Crippen LogP contribution in [0.4, 0.5) is 4.79 Å². The highest BCUT2D eigenvalue weighted by Gasteiger charge is 2.44. The number of para-hydroxylation sites is 2. The summed E-state index contributed by atoms with van der Waals surface area (Å²) >= 11 is 3.15. The monoisotopic (exact) mass is 1860 g/mol. The number of aromatic amines is 3. The van der Waals surface area contributed by atoms with Crippen molar-refractivity contribution in [1.82, 2.24) is 105 Å². The summed E-state index contributed by atoms with van der Waals surface area (Å²) in [5.74, 6) is -10.1. The van der Waals surface area contributed by atoms with Crippen LogP contribution < -0.4 is 97.0 Å². The molecular formula is C90H121N23O17S2. The van der Waals surface area contributed by atoms with Crippen LogP contribution in [0.3, 0.4) is 0 Å². The molecule has 0 unspecified atom stereocenters. The van der Waals surface area contributed by atoms with E-state index in [9.17, 15) is 77.0 Å². The van der Waals surface area contributed by atoms with E-state index in [0.29, 0.717) is 84.9 Å². The van der Waals surface area contributed by atoms with Crippen LogP contribution in [0.25, 0.3) is 21.8 Å². The lowest BCUT2D eigenvalue weighted by atomic mass is 10.0. The highest BCUT2D eigenvalue weighted by Crippen LogP contribution is 2.34. The Morgan fingerprint density at radius 2 is 1.08 bits per heavy atom. The van der Waals surface area contributed by atoms with E-state index in [0.717, 1.165) is 46.0 Å². The number of urea groups is 1. The summed E-state index contributed by atoms with van der Waals surface area (Å²) in [6.45, 7) is 1.40. The molecule has 0 radical (unpaired) electrons. The fourth-order valence-corrected chi connectivity index (χ4v) is 17.9. The first-order chi connectivity index (χ1) is 63.5. The van der Waals surface area contributed by atoms with Gasteiger partial charge in [0.2, 0.25) is 88.6 Å². The number of H-pyrrole nitrogens is 3. The van der Waals surface area contributed by atoms with E-state index < -0.39 is 169 Å². The van der Waals surface area contributed by atoms with Crippen LogP contribution in [0, 0.1) is 0 Å². The Morgan fingerprint density at radius 3 is 1.73 bits per heavy atom. The summed E-state index contributed by atoms with van der Waals surface area (Å²) in [5.41, 5.74) is 22.3. The predicted molar refractivity (Wildman–Crippen MR) is 495 cm³/mol. The minimum absolute atomic E-state index is 0.00144. The third-order valence-corrected chi connectivity index (χ3v) is 25.3. The number of aromatic hydroxyl groups is 1. The molecule has 3 aromatic heterocycles. The van der Waals surface area contributed by atoms with Gasteiger partial charge in [-0.05, 0) is 156 Å². The van der Waals surface area contributed by atoms with Crippen LogP contribution in [-0.2, 0) is 104 Å². The van der Waals surface area contributed by atoms with Gasteiger partial charge in [-0.2, -0.15) is 23.5 Å². The maximum Gasteiger partial charge on any atom is 0.315 e. The van der Waals surface area contributed by atoms with Crippen molar-refractivity contribution < 1.29 is 81.8 Å². The Balaban J connectivity index is 0.714. The van der Waals surface area contributed by atoms with Gasteiger partial charge in [0.1, 0.15) is 66.2 Å². The zero-order valence-electron chi connectivity index (χ0n) is 74.0. The number of carbonyl (C=O) groups excluding carboxylic acids is 16. The number of primary amides is 1. The second kappa shape index (κ2) is 50.9. The molecular weight excluding hydrogens is 1740 g/mol. The maximum atomic E-state index is 15.2. The summed E-state index contributed by atoms with van der Waals surface area (Å²) in [7, 11) is 0. The average molecular weight is 1860 g/mol. The number of rotatable bonds is 53. The van der Waals surface area contributed by atoms with Gasteiger partial charge in [-0.3, -0.25) is 71.9 Å². The Labute approximate surface area is 771 Å². The van der Waals surface area contributed by atoms with E-state index in [2.05, 4.69) is 99.7 Å². The summed E-state index contributed by atoms with van der Waals surface area (Å²) in [6.07, 6.45) is 12.8. The molecule has 25 N–H and O–H groups in total. The zero-order valence-corrected chi connectivity index (χ0v) is 75.6. The van der Waals surface area contributed by atoms with Crippen LogP contribution in [0.5, 0.6) is 5.75 Å². The summed E-state index contributed by atoms with van der Waals surface area (Å²) in [6, 6.07) is 15.4. The predicted octanol–water partition coefficient (Wildman–Crippen LogP) is -0.959. The van der Waals surface area contributed by atoms with Crippen molar-refractivity contribution in [2.24, 2.45) is 17.2 Å². The van der Waals surface area contributed by atoms with Gasteiger partial charge in [0.15, 0.2) is 0 Å². The second-order valence-corrected chi connectivity index (χ2v) is 35.4. The van der Waals surface area contributed by atoms with Gasteiger partial charge in [0.05, 0.1) is 49.8 Å². The molecule has 0 aliphatic carbocycles. The largest absolute Gasteiger partial charge is 0.508 e. The van der Waals surface area contributed by atoms with Gasteiger partial charge in [-0.1, -0.05) is 85.3 Å². The van der Waals surface area contributed by atoms with Crippen molar-refractivity contribution in [1.29, 1.82) is 0 Å². The van der Waals surface area contributed by atoms with E-state index in [1.165, 1.54) is 61.1 Å². The lowest BCUT2D eigenvalue weighted by Crippen LogP contribution is -2.60. The average Bonchev–Trinajstić information content (AvgIpc) is 1.67. The molecule has 6 heterocycles. The lowest BCUT2D eigenvalue weighted by molar-refractivity contribution is -0.142. The van der Waals surface area contributed by atoms with Crippen LogP contribution >= 0.6 is 23.5 Å². The highest BCUT2D eigenvalue weighted by molar-refractivity contribution is 8.00. The number of aromatic nitrogens is 4.